The molecular formula is C18H27N3O. The third-order valence-corrected chi connectivity index (χ3v) is 5.29. The van der Waals surface area contributed by atoms with Crippen LogP contribution < -0.4 is 16.2 Å². The van der Waals surface area contributed by atoms with Gasteiger partial charge in [0.05, 0.1) is 0 Å². The molecule has 0 bridgehead atoms. The Morgan fingerprint density at radius 3 is 2.32 bits per heavy atom. The molecule has 22 heavy (non-hydrogen) atoms. The first kappa shape index (κ1) is 15.5. The topological polar surface area (TPSA) is 53.2 Å². The SMILES string of the molecule is CC1NNC(C)C1CC(=O)NCc1ccc(C2CCC2)cc1. The van der Waals surface area contributed by atoms with Crippen LogP contribution in [0.3, 0.4) is 0 Å². The lowest BCUT2D eigenvalue weighted by Gasteiger charge is -2.25. The second kappa shape index (κ2) is 6.80. The standard InChI is InChI=1S/C18H27N3O/c1-12-17(13(2)21-20-12)10-18(22)19-11-14-6-8-16(9-7-14)15-4-3-5-15/h6-9,12-13,15,17,20-21H,3-5,10-11H2,1-2H3,(H,19,22). The molecule has 1 aromatic rings. The Morgan fingerprint density at radius 2 is 1.77 bits per heavy atom. The Morgan fingerprint density at radius 1 is 1.14 bits per heavy atom. The quantitative estimate of drug-likeness (QED) is 0.783. The monoisotopic (exact) mass is 301 g/mol. The van der Waals surface area contributed by atoms with Crippen LogP contribution in [0.1, 0.15) is 56.6 Å². The second-order valence-corrected chi connectivity index (χ2v) is 6.88. The molecule has 1 saturated heterocycles. The normalized spacial score (nSPS) is 28.4. The van der Waals surface area contributed by atoms with Gasteiger partial charge in [0.1, 0.15) is 0 Å². The predicted molar refractivity (Wildman–Crippen MR) is 88.2 cm³/mol. The fraction of sp³-hybridized carbons (Fsp3) is 0.611. The van der Waals surface area contributed by atoms with E-state index in [0.29, 0.717) is 31.0 Å². The van der Waals surface area contributed by atoms with Gasteiger partial charge < -0.3 is 5.32 Å². The zero-order chi connectivity index (χ0) is 15.5. The van der Waals surface area contributed by atoms with Gasteiger partial charge in [0.2, 0.25) is 5.91 Å². The molecule has 3 rings (SSSR count). The summed E-state index contributed by atoms with van der Waals surface area (Å²) in [6, 6.07) is 9.42. The largest absolute Gasteiger partial charge is 0.352 e. The summed E-state index contributed by atoms with van der Waals surface area (Å²) in [6.45, 7) is 4.86. The van der Waals surface area contributed by atoms with Crippen LogP contribution in [0.25, 0.3) is 0 Å². The summed E-state index contributed by atoms with van der Waals surface area (Å²) in [5.41, 5.74) is 9.02. The van der Waals surface area contributed by atoms with Gasteiger partial charge in [0.25, 0.3) is 0 Å². The lowest BCUT2D eigenvalue weighted by atomic mass is 9.80. The maximum Gasteiger partial charge on any atom is 0.220 e. The number of rotatable bonds is 5. The van der Waals surface area contributed by atoms with E-state index in [9.17, 15) is 4.79 Å². The molecule has 2 fully saturated rings. The summed E-state index contributed by atoms with van der Waals surface area (Å²) in [6.07, 6.45) is 4.60. The third kappa shape index (κ3) is 3.50. The minimum Gasteiger partial charge on any atom is -0.352 e. The van der Waals surface area contributed by atoms with Crippen LogP contribution in [0.4, 0.5) is 0 Å². The number of hydrazine groups is 1. The molecule has 1 aliphatic carbocycles. The second-order valence-electron chi connectivity index (χ2n) is 6.88. The van der Waals surface area contributed by atoms with Crippen LogP contribution in [0.15, 0.2) is 24.3 Å². The minimum absolute atomic E-state index is 0.136. The molecule has 3 N–H and O–H groups in total. The molecule has 2 atom stereocenters. The van der Waals surface area contributed by atoms with Crippen molar-refractivity contribution in [1.82, 2.24) is 16.2 Å². The third-order valence-electron chi connectivity index (χ3n) is 5.29. The number of benzene rings is 1. The van der Waals surface area contributed by atoms with Gasteiger partial charge in [-0.15, -0.1) is 0 Å². The summed E-state index contributed by atoms with van der Waals surface area (Å²) in [4.78, 5) is 12.1. The van der Waals surface area contributed by atoms with Gasteiger partial charge in [0, 0.05) is 31.0 Å². The van der Waals surface area contributed by atoms with Crippen molar-refractivity contribution in [3.8, 4) is 0 Å². The Hall–Kier alpha value is -1.39. The van der Waals surface area contributed by atoms with Crippen molar-refractivity contribution in [1.29, 1.82) is 0 Å². The van der Waals surface area contributed by atoms with Crippen molar-refractivity contribution >= 4 is 5.91 Å². The van der Waals surface area contributed by atoms with Crippen molar-refractivity contribution in [2.45, 2.75) is 64.1 Å². The smallest absolute Gasteiger partial charge is 0.220 e. The van der Waals surface area contributed by atoms with Gasteiger partial charge in [-0.2, -0.15) is 0 Å². The van der Waals surface area contributed by atoms with Crippen LogP contribution in [0.2, 0.25) is 0 Å². The number of carbonyl (C=O) groups is 1. The zero-order valence-electron chi connectivity index (χ0n) is 13.6. The van der Waals surface area contributed by atoms with E-state index in [2.05, 4.69) is 54.3 Å². The predicted octanol–water partition coefficient (Wildman–Crippen LogP) is 2.46. The maximum absolute atomic E-state index is 12.1. The van der Waals surface area contributed by atoms with E-state index in [1.165, 1.54) is 30.4 Å². The highest BCUT2D eigenvalue weighted by Crippen LogP contribution is 2.36. The molecular weight excluding hydrogens is 274 g/mol. The van der Waals surface area contributed by atoms with Gasteiger partial charge in [-0.1, -0.05) is 30.7 Å². The van der Waals surface area contributed by atoms with Crippen molar-refractivity contribution in [2.24, 2.45) is 5.92 Å². The van der Waals surface area contributed by atoms with Crippen molar-refractivity contribution in [3.63, 3.8) is 0 Å². The molecule has 4 heteroatoms. The fourth-order valence-electron chi connectivity index (χ4n) is 3.40. The molecule has 2 unspecified atom stereocenters. The highest BCUT2D eigenvalue weighted by Gasteiger charge is 2.31. The van der Waals surface area contributed by atoms with Crippen LogP contribution in [-0.4, -0.2) is 18.0 Å². The van der Waals surface area contributed by atoms with Crippen LogP contribution in [-0.2, 0) is 11.3 Å². The molecule has 1 saturated carbocycles. The number of nitrogens with one attached hydrogen (secondary N) is 3. The van der Waals surface area contributed by atoms with Crippen molar-refractivity contribution < 1.29 is 4.79 Å². The summed E-state index contributed by atoms with van der Waals surface area (Å²) in [7, 11) is 0. The Balaban J connectivity index is 1.46. The number of carbonyl (C=O) groups excluding carboxylic acids is 1. The molecule has 4 nitrogen and oxygen atoms in total. The first-order valence-electron chi connectivity index (χ1n) is 8.50. The highest BCUT2D eigenvalue weighted by molar-refractivity contribution is 5.76. The molecule has 0 aromatic heterocycles. The molecule has 1 aromatic carbocycles. The van der Waals surface area contributed by atoms with E-state index in [0.717, 1.165) is 5.92 Å². The number of hydrogen-bond acceptors (Lipinski definition) is 3. The molecule has 0 spiro atoms. The minimum atomic E-state index is 0.136. The summed E-state index contributed by atoms with van der Waals surface area (Å²) in [5, 5.41) is 3.05. The Kier molecular flexibility index (Phi) is 4.79. The van der Waals surface area contributed by atoms with Gasteiger partial charge in [-0.05, 0) is 43.7 Å². The molecule has 120 valence electrons. The molecule has 2 aliphatic rings. The first-order valence-corrected chi connectivity index (χ1v) is 8.50. The van der Waals surface area contributed by atoms with Crippen molar-refractivity contribution in [2.75, 3.05) is 0 Å². The van der Waals surface area contributed by atoms with E-state index in [4.69, 9.17) is 0 Å². The fourth-order valence-corrected chi connectivity index (χ4v) is 3.40. The van der Waals surface area contributed by atoms with E-state index in [-0.39, 0.29) is 5.91 Å². The van der Waals surface area contributed by atoms with E-state index in [1.807, 2.05) is 0 Å². The van der Waals surface area contributed by atoms with Crippen LogP contribution in [0, 0.1) is 5.92 Å². The van der Waals surface area contributed by atoms with Gasteiger partial charge in [-0.3, -0.25) is 15.6 Å². The maximum atomic E-state index is 12.1. The molecule has 1 amide bonds. The highest BCUT2D eigenvalue weighted by atomic mass is 16.1. The lowest BCUT2D eigenvalue weighted by molar-refractivity contribution is -0.122. The van der Waals surface area contributed by atoms with Gasteiger partial charge in [0.15, 0.2) is 0 Å². The van der Waals surface area contributed by atoms with Crippen molar-refractivity contribution in [3.05, 3.63) is 35.4 Å². The number of hydrogen-bond donors (Lipinski definition) is 3. The Bertz CT molecular complexity index is 500. The van der Waals surface area contributed by atoms with Crippen LogP contribution in [0.5, 0.6) is 0 Å². The molecule has 1 aliphatic heterocycles. The van der Waals surface area contributed by atoms with Gasteiger partial charge >= 0.3 is 0 Å². The van der Waals surface area contributed by atoms with Crippen LogP contribution >= 0.6 is 0 Å². The average Bonchev–Trinajstić information content (AvgIpc) is 2.77. The summed E-state index contributed by atoms with van der Waals surface area (Å²) >= 11 is 0. The molecule has 1 heterocycles. The summed E-state index contributed by atoms with van der Waals surface area (Å²) < 4.78 is 0. The van der Waals surface area contributed by atoms with E-state index >= 15 is 0 Å². The Labute approximate surface area is 133 Å². The average molecular weight is 301 g/mol. The number of amides is 1. The van der Waals surface area contributed by atoms with E-state index in [1.54, 1.807) is 0 Å². The first-order chi connectivity index (χ1) is 10.6. The summed E-state index contributed by atoms with van der Waals surface area (Å²) in [5.74, 6) is 1.26. The van der Waals surface area contributed by atoms with E-state index < -0.39 is 0 Å². The molecule has 0 radical (unpaired) electrons. The zero-order valence-corrected chi connectivity index (χ0v) is 13.6. The van der Waals surface area contributed by atoms with Gasteiger partial charge in [-0.25, -0.2) is 0 Å². The lowest BCUT2D eigenvalue weighted by Crippen LogP contribution is -2.31.